The third kappa shape index (κ3) is 4.04. The van der Waals surface area contributed by atoms with Gasteiger partial charge in [0, 0.05) is 43.6 Å². The lowest BCUT2D eigenvalue weighted by Gasteiger charge is -2.34. The first-order chi connectivity index (χ1) is 12.4. The average molecular weight is 359 g/mol. The Kier molecular flexibility index (Phi) is 5.25. The lowest BCUT2D eigenvalue weighted by Crippen LogP contribution is -2.51. The predicted molar refractivity (Wildman–Crippen MR) is 94.6 cm³/mol. The molecule has 7 heteroatoms. The van der Waals surface area contributed by atoms with Crippen LogP contribution in [0.5, 0.6) is 5.75 Å². The van der Waals surface area contributed by atoms with Crippen molar-refractivity contribution in [1.29, 1.82) is 0 Å². The van der Waals surface area contributed by atoms with E-state index in [-0.39, 0.29) is 18.4 Å². The maximum Gasteiger partial charge on any atom is 0.260 e. The number of aromatic nitrogens is 1. The largest absolute Gasteiger partial charge is 0.484 e. The summed E-state index contributed by atoms with van der Waals surface area (Å²) in [6.45, 7) is 5.53. The Morgan fingerprint density at radius 1 is 1.12 bits per heavy atom. The highest BCUT2D eigenvalue weighted by molar-refractivity contribution is 5.95. The minimum Gasteiger partial charge on any atom is -0.484 e. The van der Waals surface area contributed by atoms with Crippen LogP contribution in [0, 0.1) is 19.7 Å². The van der Waals surface area contributed by atoms with Crippen LogP contribution in [0.4, 0.5) is 4.39 Å². The fourth-order valence-corrected chi connectivity index (χ4v) is 3.07. The fraction of sp³-hybridized carbons (Fsp3) is 0.368. The van der Waals surface area contributed by atoms with E-state index in [2.05, 4.69) is 4.98 Å². The van der Waals surface area contributed by atoms with Gasteiger partial charge in [-0.3, -0.25) is 9.59 Å². The molecule has 1 saturated heterocycles. The molecule has 26 heavy (non-hydrogen) atoms. The Morgan fingerprint density at radius 2 is 1.81 bits per heavy atom. The number of hydrogen-bond acceptors (Lipinski definition) is 3. The van der Waals surface area contributed by atoms with Crippen molar-refractivity contribution in [2.45, 2.75) is 13.8 Å². The molecule has 0 radical (unpaired) electrons. The Morgan fingerprint density at radius 3 is 2.42 bits per heavy atom. The molecule has 1 fully saturated rings. The zero-order valence-corrected chi connectivity index (χ0v) is 14.9. The van der Waals surface area contributed by atoms with E-state index in [4.69, 9.17) is 4.74 Å². The molecule has 1 aromatic carbocycles. The maximum absolute atomic E-state index is 13.1. The smallest absolute Gasteiger partial charge is 0.260 e. The van der Waals surface area contributed by atoms with Crippen molar-refractivity contribution in [1.82, 2.24) is 14.8 Å². The highest BCUT2D eigenvalue weighted by Crippen LogP contribution is 2.15. The van der Waals surface area contributed by atoms with E-state index in [1.807, 2.05) is 19.9 Å². The van der Waals surface area contributed by atoms with E-state index in [1.165, 1.54) is 18.2 Å². The van der Waals surface area contributed by atoms with Gasteiger partial charge in [0.1, 0.15) is 11.6 Å². The van der Waals surface area contributed by atoms with Crippen LogP contribution in [0.25, 0.3) is 0 Å². The van der Waals surface area contributed by atoms with Gasteiger partial charge in [0.15, 0.2) is 6.61 Å². The van der Waals surface area contributed by atoms with Crippen LogP contribution in [-0.2, 0) is 4.79 Å². The van der Waals surface area contributed by atoms with Gasteiger partial charge in [0.25, 0.3) is 11.8 Å². The summed E-state index contributed by atoms with van der Waals surface area (Å²) < 4.78 is 18.5. The number of amides is 2. The molecule has 6 nitrogen and oxygen atoms in total. The van der Waals surface area contributed by atoms with Gasteiger partial charge < -0.3 is 19.5 Å². The Bertz CT molecular complexity index is 810. The van der Waals surface area contributed by atoms with Gasteiger partial charge >= 0.3 is 0 Å². The number of nitrogens with one attached hydrogen (secondary N) is 1. The minimum absolute atomic E-state index is 0.0186. The van der Waals surface area contributed by atoms with E-state index in [0.29, 0.717) is 37.5 Å². The molecule has 0 bridgehead atoms. The second kappa shape index (κ2) is 7.59. The number of carbonyl (C=O) groups is 2. The first-order valence-electron chi connectivity index (χ1n) is 8.55. The monoisotopic (exact) mass is 359 g/mol. The number of aromatic amines is 1. The third-order valence-corrected chi connectivity index (χ3v) is 4.46. The van der Waals surface area contributed by atoms with Gasteiger partial charge in [0.2, 0.25) is 0 Å². The fourth-order valence-electron chi connectivity index (χ4n) is 3.07. The first kappa shape index (κ1) is 18.0. The summed E-state index contributed by atoms with van der Waals surface area (Å²) in [5.74, 6) is -0.271. The second-order valence-electron chi connectivity index (χ2n) is 6.41. The van der Waals surface area contributed by atoms with E-state index >= 15 is 0 Å². The molecular weight excluding hydrogens is 337 g/mol. The molecule has 0 saturated carbocycles. The van der Waals surface area contributed by atoms with Crippen molar-refractivity contribution in [3.63, 3.8) is 0 Å². The number of aryl methyl sites for hydroxylation is 2. The van der Waals surface area contributed by atoms with Gasteiger partial charge in [-0.1, -0.05) is 6.07 Å². The SMILES string of the molecule is Cc1cc(C(=O)N2CCN(C(=O)COc3cccc(F)c3)CC2)c(C)[nH]1. The average Bonchev–Trinajstić information content (AvgIpc) is 2.97. The van der Waals surface area contributed by atoms with Gasteiger partial charge in [-0.25, -0.2) is 4.39 Å². The van der Waals surface area contributed by atoms with E-state index in [9.17, 15) is 14.0 Å². The summed E-state index contributed by atoms with van der Waals surface area (Å²) >= 11 is 0. The number of H-pyrrole nitrogens is 1. The quantitative estimate of drug-likeness (QED) is 0.910. The zero-order chi connectivity index (χ0) is 18.7. The molecule has 1 aliphatic rings. The Balaban J connectivity index is 1.50. The molecule has 3 rings (SSSR count). The van der Waals surface area contributed by atoms with Gasteiger partial charge in [-0.05, 0) is 32.0 Å². The minimum atomic E-state index is -0.405. The normalized spacial score (nSPS) is 14.4. The van der Waals surface area contributed by atoms with Crippen molar-refractivity contribution >= 4 is 11.8 Å². The standard InChI is InChI=1S/C19H22FN3O3/c1-13-10-17(14(2)21-13)19(25)23-8-6-22(7-9-23)18(24)12-26-16-5-3-4-15(20)11-16/h3-5,10-11,21H,6-9,12H2,1-2H3. The number of ether oxygens (including phenoxy) is 1. The third-order valence-electron chi connectivity index (χ3n) is 4.46. The summed E-state index contributed by atoms with van der Waals surface area (Å²) in [6, 6.07) is 7.55. The van der Waals surface area contributed by atoms with Crippen LogP contribution in [0.2, 0.25) is 0 Å². The number of carbonyl (C=O) groups excluding carboxylic acids is 2. The molecule has 0 spiro atoms. The lowest BCUT2D eigenvalue weighted by molar-refractivity contribution is -0.134. The van der Waals surface area contributed by atoms with E-state index in [0.717, 1.165) is 11.4 Å². The molecule has 0 atom stereocenters. The van der Waals surface area contributed by atoms with Crippen LogP contribution >= 0.6 is 0 Å². The number of halogens is 1. The molecule has 0 unspecified atom stereocenters. The Labute approximate surface area is 151 Å². The summed E-state index contributed by atoms with van der Waals surface area (Å²) in [6.07, 6.45) is 0. The number of hydrogen-bond donors (Lipinski definition) is 1. The molecule has 2 heterocycles. The number of benzene rings is 1. The van der Waals surface area contributed by atoms with E-state index < -0.39 is 5.82 Å². The zero-order valence-electron chi connectivity index (χ0n) is 14.9. The second-order valence-corrected chi connectivity index (χ2v) is 6.41. The van der Waals surface area contributed by atoms with Crippen LogP contribution in [-0.4, -0.2) is 59.4 Å². The van der Waals surface area contributed by atoms with Gasteiger partial charge in [-0.15, -0.1) is 0 Å². The van der Waals surface area contributed by atoms with Gasteiger partial charge in [-0.2, -0.15) is 0 Å². The van der Waals surface area contributed by atoms with E-state index in [1.54, 1.807) is 15.9 Å². The summed E-state index contributed by atoms with van der Waals surface area (Å²) in [5, 5.41) is 0. The van der Waals surface area contributed by atoms with Crippen molar-refractivity contribution in [2.75, 3.05) is 32.8 Å². The Hall–Kier alpha value is -2.83. The number of rotatable bonds is 4. The summed E-state index contributed by atoms with van der Waals surface area (Å²) in [4.78, 5) is 31.4. The lowest BCUT2D eigenvalue weighted by atomic mass is 10.2. The van der Waals surface area contributed by atoms with Crippen LogP contribution in [0.15, 0.2) is 30.3 Å². The van der Waals surface area contributed by atoms with Crippen LogP contribution < -0.4 is 4.74 Å². The number of nitrogens with zero attached hydrogens (tertiary/aromatic N) is 2. The molecular formula is C19H22FN3O3. The molecule has 2 amide bonds. The highest BCUT2D eigenvalue weighted by atomic mass is 19.1. The molecule has 1 N–H and O–H groups in total. The first-order valence-corrected chi connectivity index (χ1v) is 8.55. The maximum atomic E-state index is 13.1. The molecule has 0 aliphatic carbocycles. The van der Waals surface area contributed by atoms with Crippen LogP contribution in [0.3, 0.4) is 0 Å². The molecule has 1 aromatic heterocycles. The topological polar surface area (TPSA) is 65.6 Å². The molecule has 138 valence electrons. The molecule has 2 aromatic rings. The van der Waals surface area contributed by atoms with Crippen molar-refractivity contribution in [3.05, 3.63) is 53.1 Å². The van der Waals surface area contributed by atoms with Crippen molar-refractivity contribution < 1.29 is 18.7 Å². The summed E-state index contributed by atoms with van der Waals surface area (Å²) in [5.41, 5.74) is 2.49. The van der Waals surface area contributed by atoms with Crippen LogP contribution in [0.1, 0.15) is 21.7 Å². The highest BCUT2D eigenvalue weighted by Gasteiger charge is 2.26. The van der Waals surface area contributed by atoms with Gasteiger partial charge in [0.05, 0.1) is 5.56 Å². The summed E-state index contributed by atoms with van der Waals surface area (Å²) in [7, 11) is 0. The molecule has 1 aliphatic heterocycles. The van der Waals surface area contributed by atoms with Crippen molar-refractivity contribution in [2.24, 2.45) is 0 Å². The predicted octanol–water partition coefficient (Wildman–Crippen LogP) is 2.13. The van der Waals surface area contributed by atoms with Crippen molar-refractivity contribution in [3.8, 4) is 5.75 Å². The number of piperazine rings is 1.